The first-order valence-corrected chi connectivity index (χ1v) is 8.39. The van der Waals surface area contributed by atoms with E-state index in [-0.39, 0.29) is 11.7 Å². The molecule has 0 heterocycles. The second-order valence-electron chi connectivity index (χ2n) is 5.43. The predicted molar refractivity (Wildman–Crippen MR) is 101 cm³/mol. The van der Waals surface area contributed by atoms with Gasteiger partial charge in [0, 0.05) is 6.42 Å². The van der Waals surface area contributed by atoms with Crippen LogP contribution in [0.4, 0.5) is 4.79 Å². The topological polar surface area (TPSA) is 76.7 Å². The maximum absolute atomic E-state index is 12.0. The summed E-state index contributed by atoms with van der Waals surface area (Å²) < 4.78 is 9.88. The lowest BCUT2D eigenvalue weighted by molar-refractivity contribution is -0.142. The van der Waals surface area contributed by atoms with Crippen molar-refractivity contribution >= 4 is 29.4 Å². The summed E-state index contributed by atoms with van der Waals surface area (Å²) in [6, 6.07) is 18.0. The Balaban J connectivity index is 1.85. The van der Waals surface area contributed by atoms with Crippen molar-refractivity contribution < 1.29 is 19.1 Å². The van der Waals surface area contributed by atoms with Crippen molar-refractivity contribution in [1.29, 1.82) is 0 Å². The van der Waals surface area contributed by atoms with E-state index < -0.39 is 18.1 Å². The summed E-state index contributed by atoms with van der Waals surface area (Å²) in [6.45, 7) is 0.125. The van der Waals surface area contributed by atoms with Crippen molar-refractivity contribution in [3.63, 3.8) is 0 Å². The standard InChI is InChI=1S/C19H20N2O4S/c1-24-17(22)16(12-14-8-4-2-5-9-14)20-18(26)21-19(23)25-13-15-10-6-3-7-11-15/h2-11,16H,12-13H2,1H3,(H2,20,21,23,26)/t16-/m0/s1. The lowest BCUT2D eigenvalue weighted by Gasteiger charge is -2.18. The molecule has 2 rings (SSSR count). The zero-order chi connectivity index (χ0) is 18.8. The van der Waals surface area contributed by atoms with Crippen molar-refractivity contribution in [3.05, 3.63) is 71.8 Å². The molecule has 0 fully saturated rings. The number of hydrogen-bond acceptors (Lipinski definition) is 5. The van der Waals surface area contributed by atoms with Crippen molar-refractivity contribution in [1.82, 2.24) is 10.6 Å². The normalized spacial score (nSPS) is 11.1. The fourth-order valence-corrected chi connectivity index (χ4v) is 2.46. The van der Waals surface area contributed by atoms with Crippen molar-refractivity contribution in [3.8, 4) is 0 Å². The third-order valence-electron chi connectivity index (χ3n) is 3.50. The number of nitrogens with one attached hydrogen (secondary N) is 2. The first-order valence-electron chi connectivity index (χ1n) is 7.98. The zero-order valence-corrected chi connectivity index (χ0v) is 15.1. The molecule has 6 nitrogen and oxygen atoms in total. The highest BCUT2D eigenvalue weighted by atomic mass is 32.1. The van der Waals surface area contributed by atoms with Gasteiger partial charge in [0.1, 0.15) is 12.6 Å². The molecule has 26 heavy (non-hydrogen) atoms. The van der Waals surface area contributed by atoms with Gasteiger partial charge in [0.15, 0.2) is 5.11 Å². The van der Waals surface area contributed by atoms with Crippen molar-refractivity contribution in [2.45, 2.75) is 19.1 Å². The minimum absolute atomic E-state index is 0.00519. The number of amides is 1. The molecule has 1 atom stereocenters. The Kier molecular flexibility index (Phi) is 7.57. The quantitative estimate of drug-likeness (QED) is 0.600. The third-order valence-corrected chi connectivity index (χ3v) is 3.72. The number of carbonyl (C=O) groups is 2. The van der Waals surface area contributed by atoms with Gasteiger partial charge in [-0.05, 0) is 23.3 Å². The van der Waals surface area contributed by atoms with Crippen LogP contribution in [0.5, 0.6) is 0 Å². The van der Waals surface area contributed by atoms with Gasteiger partial charge in [-0.1, -0.05) is 60.7 Å². The number of rotatable bonds is 6. The molecule has 0 aliphatic carbocycles. The highest BCUT2D eigenvalue weighted by Crippen LogP contribution is 2.05. The summed E-state index contributed by atoms with van der Waals surface area (Å²) in [6.07, 6.45) is -0.330. The monoisotopic (exact) mass is 372 g/mol. The summed E-state index contributed by atoms with van der Waals surface area (Å²) >= 11 is 5.09. The summed E-state index contributed by atoms with van der Waals surface area (Å²) in [5.41, 5.74) is 1.79. The van der Waals surface area contributed by atoms with E-state index in [1.54, 1.807) is 0 Å². The largest absolute Gasteiger partial charge is 0.467 e. The number of thiocarbonyl (C=S) groups is 1. The first kappa shape index (κ1) is 19.4. The van der Waals surface area contributed by atoms with Gasteiger partial charge in [0.25, 0.3) is 0 Å². The van der Waals surface area contributed by atoms with Crippen LogP contribution in [0.3, 0.4) is 0 Å². The lowest BCUT2D eigenvalue weighted by atomic mass is 10.1. The number of alkyl carbamates (subject to hydrolysis) is 1. The van der Waals surface area contributed by atoms with Crippen LogP contribution in [-0.4, -0.2) is 30.3 Å². The lowest BCUT2D eigenvalue weighted by Crippen LogP contribution is -2.49. The van der Waals surface area contributed by atoms with E-state index in [1.807, 2.05) is 60.7 Å². The van der Waals surface area contributed by atoms with Gasteiger partial charge in [0.2, 0.25) is 0 Å². The molecule has 2 N–H and O–H groups in total. The maximum Gasteiger partial charge on any atom is 0.413 e. The van der Waals surface area contributed by atoms with Crippen LogP contribution < -0.4 is 10.6 Å². The van der Waals surface area contributed by atoms with E-state index in [0.717, 1.165) is 11.1 Å². The molecule has 7 heteroatoms. The SMILES string of the molecule is COC(=O)[C@H](Cc1ccccc1)NC(=S)NC(=O)OCc1ccccc1. The smallest absolute Gasteiger partial charge is 0.413 e. The highest BCUT2D eigenvalue weighted by Gasteiger charge is 2.21. The van der Waals surface area contributed by atoms with E-state index in [2.05, 4.69) is 10.6 Å². The molecule has 0 unspecified atom stereocenters. The molecule has 0 saturated carbocycles. The molecule has 0 aliphatic heterocycles. The molecule has 0 saturated heterocycles. The van der Waals surface area contributed by atoms with Gasteiger partial charge in [-0.2, -0.15) is 0 Å². The molecule has 0 bridgehead atoms. The molecule has 0 radical (unpaired) electrons. The fraction of sp³-hybridized carbons (Fsp3) is 0.211. The number of esters is 1. The van der Waals surface area contributed by atoms with Gasteiger partial charge >= 0.3 is 12.1 Å². The summed E-state index contributed by atoms with van der Waals surface area (Å²) in [5.74, 6) is -0.476. The first-order chi connectivity index (χ1) is 12.6. The van der Waals surface area contributed by atoms with Gasteiger partial charge < -0.3 is 14.8 Å². The number of benzene rings is 2. The molecular formula is C19H20N2O4S. The summed E-state index contributed by atoms with van der Waals surface area (Å²) in [4.78, 5) is 23.8. The highest BCUT2D eigenvalue weighted by molar-refractivity contribution is 7.80. The van der Waals surface area contributed by atoms with Crippen LogP contribution in [0.15, 0.2) is 60.7 Å². The molecular weight excluding hydrogens is 352 g/mol. The Morgan fingerprint density at radius 2 is 1.58 bits per heavy atom. The van der Waals surface area contributed by atoms with Gasteiger partial charge in [-0.3, -0.25) is 5.32 Å². The number of carbonyl (C=O) groups excluding carboxylic acids is 2. The third kappa shape index (κ3) is 6.52. The van der Waals surface area contributed by atoms with E-state index in [0.29, 0.717) is 6.42 Å². The Labute approximate surface area is 157 Å². The Morgan fingerprint density at radius 1 is 1.00 bits per heavy atom. The van der Waals surface area contributed by atoms with Gasteiger partial charge in [-0.15, -0.1) is 0 Å². The average Bonchev–Trinajstić information content (AvgIpc) is 2.67. The second-order valence-corrected chi connectivity index (χ2v) is 5.83. The Morgan fingerprint density at radius 3 is 2.15 bits per heavy atom. The maximum atomic E-state index is 12.0. The van der Waals surface area contributed by atoms with Gasteiger partial charge in [0.05, 0.1) is 7.11 Å². The molecule has 0 aliphatic rings. The van der Waals surface area contributed by atoms with Crippen LogP contribution in [0, 0.1) is 0 Å². The minimum atomic E-state index is -0.718. The van der Waals surface area contributed by atoms with E-state index in [4.69, 9.17) is 21.7 Å². The predicted octanol–water partition coefficient (Wildman–Crippen LogP) is 2.57. The number of hydrogen-bond donors (Lipinski definition) is 2. The summed E-state index contributed by atoms with van der Waals surface area (Å²) in [5, 5.41) is 5.18. The molecule has 2 aromatic rings. The molecule has 136 valence electrons. The van der Waals surface area contributed by atoms with Crippen LogP contribution in [-0.2, 0) is 27.3 Å². The Bertz CT molecular complexity index is 738. The zero-order valence-electron chi connectivity index (χ0n) is 14.3. The number of ether oxygens (including phenoxy) is 2. The second kappa shape index (κ2) is 10.1. The van der Waals surface area contributed by atoms with E-state index in [1.165, 1.54) is 7.11 Å². The van der Waals surface area contributed by atoms with Gasteiger partial charge in [-0.25, -0.2) is 9.59 Å². The summed E-state index contributed by atoms with van der Waals surface area (Å²) in [7, 11) is 1.30. The number of methoxy groups -OCH3 is 1. The molecule has 2 aromatic carbocycles. The van der Waals surface area contributed by atoms with Crippen molar-refractivity contribution in [2.24, 2.45) is 0 Å². The van der Waals surface area contributed by atoms with Crippen molar-refractivity contribution in [2.75, 3.05) is 7.11 Å². The molecule has 0 spiro atoms. The fourth-order valence-electron chi connectivity index (χ4n) is 2.23. The van der Waals surface area contributed by atoms with E-state index in [9.17, 15) is 9.59 Å². The van der Waals surface area contributed by atoms with Crippen LogP contribution in [0.25, 0.3) is 0 Å². The Hall–Kier alpha value is -2.93. The van der Waals surface area contributed by atoms with Crippen LogP contribution >= 0.6 is 12.2 Å². The average molecular weight is 372 g/mol. The van der Waals surface area contributed by atoms with Crippen LogP contribution in [0.1, 0.15) is 11.1 Å². The minimum Gasteiger partial charge on any atom is -0.467 e. The molecule has 0 aromatic heterocycles. The molecule has 1 amide bonds. The van der Waals surface area contributed by atoms with E-state index >= 15 is 0 Å². The van der Waals surface area contributed by atoms with Crippen LogP contribution in [0.2, 0.25) is 0 Å².